The maximum Gasteiger partial charge on any atom is 0.253 e. The van der Waals surface area contributed by atoms with Crippen LogP contribution in [-0.4, -0.2) is 23.9 Å². The second-order valence-electron chi connectivity index (χ2n) is 6.60. The van der Waals surface area contributed by atoms with E-state index < -0.39 is 0 Å². The van der Waals surface area contributed by atoms with Crippen molar-refractivity contribution in [2.24, 2.45) is 0 Å². The van der Waals surface area contributed by atoms with Crippen molar-refractivity contribution in [1.82, 2.24) is 4.90 Å². The lowest BCUT2D eigenvalue weighted by atomic mass is 9.81. The molecule has 1 saturated carbocycles. The second kappa shape index (κ2) is 7.27. The third kappa shape index (κ3) is 3.73. The summed E-state index contributed by atoms with van der Waals surface area (Å²) in [5.74, 6) is 0.642. The number of rotatable bonds is 3. The van der Waals surface area contributed by atoms with Crippen LogP contribution in [0.4, 0.5) is 5.69 Å². The number of benzene rings is 2. The maximum atomic E-state index is 12.6. The SMILES string of the molecule is CN(C(=O)c1ccc(Cl)cc1)C1CCC(c2ccc(N)cc2)CC1. The van der Waals surface area contributed by atoms with E-state index in [4.69, 9.17) is 17.3 Å². The van der Waals surface area contributed by atoms with Crippen LogP contribution < -0.4 is 5.73 Å². The van der Waals surface area contributed by atoms with Gasteiger partial charge in [0.05, 0.1) is 0 Å². The van der Waals surface area contributed by atoms with Crippen molar-refractivity contribution in [2.75, 3.05) is 12.8 Å². The Morgan fingerprint density at radius 1 is 1.00 bits per heavy atom. The number of carbonyl (C=O) groups is 1. The van der Waals surface area contributed by atoms with Gasteiger partial charge in [-0.25, -0.2) is 0 Å². The summed E-state index contributed by atoms with van der Waals surface area (Å²) in [6, 6.07) is 15.6. The Balaban J connectivity index is 1.60. The van der Waals surface area contributed by atoms with Crippen LogP contribution in [0, 0.1) is 0 Å². The van der Waals surface area contributed by atoms with Crippen molar-refractivity contribution in [1.29, 1.82) is 0 Å². The summed E-state index contributed by atoms with van der Waals surface area (Å²) in [6.07, 6.45) is 4.27. The predicted octanol–water partition coefficient (Wildman–Crippen LogP) is 4.72. The van der Waals surface area contributed by atoms with Crippen molar-refractivity contribution in [2.45, 2.75) is 37.6 Å². The summed E-state index contributed by atoms with van der Waals surface area (Å²) >= 11 is 5.90. The van der Waals surface area contributed by atoms with E-state index in [0.717, 1.165) is 31.4 Å². The topological polar surface area (TPSA) is 46.3 Å². The number of nitrogens with zero attached hydrogens (tertiary/aromatic N) is 1. The fourth-order valence-electron chi connectivity index (χ4n) is 3.53. The highest BCUT2D eigenvalue weighted by Crippen LogP contribution is 2.35. The molecule has 0 radical (unpaired) electrons. The van der Waals surface area contributed by atoms with Crippen LogP contribution in [0.2, 0.25) is 5.02 Å². The fraction of sp³-hybridized carbons (Fsp3) is 0.350. The smallest absolute Gasteiger partial charge is 0.253 e. The van der Waals surface area contributed by atoms with Gasteiger partial charge >= 0.3 is 0 Å². The van der Waals surface area contributed by atoms with Gasteiger partial charge in [-0.15, -0.1) is 0 Å². The zero-order valence-electron chi connectivity index (χ0n) is 13.9. The highest BCUT2D eigenvalue weighted by Gasteiger charge is 2.27. The van der Waals surface area contributed by atoms with E-state index >= 15 is 0 Å². The Morgan fingerprint density at radius 2 is 1.58 bits per heavy atom. The molecule has 0 saturated heterocycles. The van der Waals surface area contributed by atoms with Crippen LogP contribution in [0.25, 0.3) is 0 Å². The van der Waals surface area contributed by atoms with Crippen LogP contribution in [0.3, 0.4) is 0 Å². The van der Waals surface area contributed by atoms with Crippen molar-refractivity contribution in [3.8, 4) is 0 Å². The van der Waals surface area contributed by atoms with Gasteiger partial charge in [0.1, 0.15) is 0 Å². The lowest BCUT2D eigenvalue weighted by Gasteiger charge is -2.35. The molecule has 126 valence electrons. The van der Waals surface area contributed by atoms with Crippen LogP contribution in [0.5, 0.6) is 0 Å². The first-order chi connectivity index (χ1) is 11.5. The molecule has 24 heavy (non-hydrogen) atoms. The molecular weight excluding hydrogens is 320 g/mol. The molecule has 3 rings (SSSR count). The van der Waals surface area contributed by atoms with E-state index in [1.54, 1.807) is 24.3 Å². The number of anilines is 1. The average molecular weight is 343 g/mol. The van der Waals surface area contributed by atoms with Crippen LogP contribution >= 0.6 is 11.6 Å². The molecule has 1 aliphatic rings. The van der Waals surface area contributed by atoms with Crippen LogP contribution in [0.1, 0.15) is 47.5 Å². The first-order valence-corrected chi connectivity index (χ1v) is 8.80. The Morgan fingerprint density at radius 3 is 2.17 bits per heavy atom. The summed E-state index contributed by atoms with van der Waals surface area (Å²) in [6.45, 7) is 0. The Hall–Kier alpha value is -2.00. The molecule has 2 aromatic carbocycles. The molecule has 0 atom stereocenters. The fourth-order valence-corrected chi connectivity index (χ4v) is 3.65. The minimum Gasteiger partial charge on any atom is -0.399 e. The number of halogens is 1. The van der Waals surface area contributed by atoms with Gasteiger partial charge in [-0.3, -0.25) is 4.79 Å². The largest absolute Gasteiger partial charge is 0.399 e. The van der Waals surface area contributed by atoms with Crippen molar-refractivity contribution in [3.05, 3.63) is 64.7 Å². The van der Waals surface area contributed by atoms with E-state index in [2.05, 4.69) is 12.1 Å². The number of hydrogen-bond donors (Lipinski definition) is 1. The number of carbonyl (C=O) groups excluding carboxylic acids is 1. The minimum absolute atomic E-state index is 0.0719. The monoisotopic (exact) mass is 342 g/mol. The Bertz CT molecular complexity index is 689. The van der Waals surface area contributed by atoms with Crippen molar-refractivity contribution in [3.63, 3.8) is 0 Å². The number of nitrogen functional groups attached to an aromatic ring is 1. The van der Waals surface area contributed by atoms with Gasteiger partial charge in [0.2, 0.25) is 0 Å². The summed E-state index contributed by atoms with van der Waals surface area (Å²) in [7, 11) is 1.91. The molecule has 0 heterocycles. The molecule has 0 aromatic heterocycles. The third-order valence-corrected chi connectivity index (χ3v) is 5.32. The van der Waals surface area contributed by atoms with E-state index in [0.29, 0.717) is 22.5 Å². The molecule has 2 N–H and O–H groups in total. The lowest BCUT2D eigenvalue weighted by Crippen LogP contribution is -2.39. The molecule has 0 spiro atoms. The third-order valence-electron chi connectivity index (χ3n) is 5.06. The summed E-state index contributed by atoms with van der Waals surface area (Å²) < 4.78 is 0. The van der Waals surface area contributed by atoms with Gasteiger partial charge < -0.3 is 10.6 Å². The first-order valence-electron chi connectivity index (χ1n) is 8.43. The van der Waals surface area contributed by atoms with E-state index in [1.165, 1.54) is 5.56 Å². The molecule has 1 aliphatic carbocycles. The molecule has 3 nitrogen and oxygen atoms in total. The number of hydrogen-bond acceptors (Lipinski definition) is 2. The van der Waals surface area contributed by atoms with Gasteiger partial charge in [-0.1, -0.05) is 23.7 Å². The van der Waals surface area contributed by atoms with Gasteiger partial charge in [0.25, 0.3) is 5.91 Å². The number of amides is 1. The van der Waals surface area contributed by atoms with Gasteiger partial charge in [-0.05, 0) is 73.6 Å². The molecule has 0 aliphatic heterocycles. The highest BCUT2D eigenvalue weighted by atomic mass is 35.5. The zero-order chi connectivity index (χ0) is 17.1. The molecule has 2 aromatic rings. The van der Waals surface area contributed by atoms with Gasteiger partial charge in [-0.2, -0.15) is 0 Å². The standard InChI is InChI=1S/C20H23ClN2O/c1-23(20(24)16-2-8-17(21)9-3-16)19-12-6-15(7-13-19)14-4-10-18(22)11-5-14/h2-5,8-11,15,19H,6-7,12-13,22H2,1H3. The summed E-state index contributed by atoms with van der Waals surface area (Å²) in [5, 5.41) is 0.651. The summed E-state index contributed by atoms with van der Waals surface area (Å²) in [5.41, 5.74) is 8.62. The van der Waals surface area contributed by atoms with Gasteiger partial charge in [0, 0.05) is 29.4 Å². The quantitative estimate of drug-likeness (QED) is 0.820. The highest BCUT2D eigenvalue weighted by molar-refractivity contribution is 6.30. The molecule has 1 amide bonds. The predicted molar refractivity (Wildman–Crippen MR) is 99.4 cm³/mol. The normalized spacial score (nSPS) is 20.6. The molecule has 0 unspecified atom stereocenters. The average Bonchev–Trinajstić information content (AvgIpc) is 2.62. The molecule has 4 heteroatoms. The maximum absolute atomic E-state index is 12.6. The molecular formula is C20H23ClN2O. The molecule has 1 fully saturated rings. The lowest BCUT2D eigenvalue weighted by molar-refractivity contribution is 0.0689. The van der Waals surface area contributed by atoms with E-state index in [1.807, 2.05) is 24.1 Å². The minimum atomic E-state index is 0.0719. The zero-order valence-corrected chi connectivity index (χ0v) is 14.7. The van der Waals surface area contributed by atoms with E-state index in [-0.39, 0.29) is 5.91 Å². The Labute approximate surface area is 148 Å². The molecule has 0 bridgehead atoms. The van der Waals surface area contributed by atoms with E-state index in [9.17, 15) is 4.79 Å². The summed E-state index contributed by atoms with van der Waals surface area (Å²) in [4.78, 5) is 14.5. The van der Waals surface area contributed by atoms with Crippen LogP contribution in [-0.2, 0) is 0 Å². The van der Waals surface area contributed by atoms with Gasteiger partial charge in [0.15, 0.2) is 0 Å². The second-order valence-corrected chi connectivity index (χ2v) is 7.03. The Kier molecular flexibility index (Phi) is 5.10. The first kappa shape index (κ1) is 16.8. The number of nitrogens with two attached hydrogens (primary N) is 1. The van der Waals surface area contributed by atoms with Crippen LogP contribution in [0.15, 0.2) is 48.5 Å². The van der Waals surface area contributed by atoms with Crippen molar-refractivity contribution < 1.29 is 4.79 Å². The van der Waals surface area contributed by atoms with Crippen molar-refractivity contribution >= 4 is 23.2 Å².